The zero-order valence-electron chi connectivity index (χ0n) is 15.8. The summed E-state index contributed by atoms with van der Waals surface area (Å²) in [5.74, 6) is -1.91. The molecule has 4 rings (SSSR count). The molecule has 3 aromatic carbocycles. The minimum absolute atomic E-state index is 0.0598. The maximum absolute atomic E-state index is 13.3. The molecule has 1 N–H and O–H groups in total. The van der Waals surface area contributed by atoms with Crippen molar-refractivity contribution in [3.05, 3.63) is 100 Å². The Morgan fingerprint density at radius 3 is 2.33 bits per heavy atom. The summed E-state index contributed by atoms with van der Waals surface area (Å²) >= 11 is 0. The average molecular weight is 405 g/mol. The van der Waals surface area contributed by atoms with Gasteiger partial charge in [-0.25, -0.2) is 13.6 Å². The van der Waals surface area contributed by atoms with Crippen molar-refractivity contribution in [2.75, 3.05) is 0 Å². The van der Waals surface area contributed by atoms with Crippen molar-refractivity contribution >= 4 is 16.8 Å². The van der Waals surface area contributed by atoms with Crippen molar-refractivity contribution in [1.29, 1.82) is 0 Å². The van der Waals surface area contributed by atoms with Crippen LogP contribution in [0.5, 0.6) is 0 Å². The van der Waals surface area contributed by atoms with Crippen molar-refractivity contribution in [2.45, 2.75) is 13.1 Å². The SMILES string of the molecule is O=C(Cn1c(=O)nc(-c2ccccc2)c2ccccc21)NCc1cc(F)cc(F)c1. The highest BCUT2D eigenvalue weighted by Gasteiger charge is 2.14. The lowest BCUT2D eigenvalue weighted by atomic mass is 10.1. The van der Waals surface area contributed by atoms with Crippen molar-refractivity contribution in [2.24, 2.45) is 0 Å². The van der Waals surface area contributed by atoms with Crippen molar-refractivity contribution in [1.82, 2.24) is 14.9 Å². The van der Waals surface area contributed by atoms with Gasteiger partial charge in [0.2, 0.25) is 5.91 Å². The van der Waals surface area contributed by atoms with E-state index in [1.807, 2.05) is 42.5 Å². The first-order valence-corrected chi connectivity index (χ1v) is 9.28. The van der Waals surface area contributed by atoms with E-state index in [9.17, 15) is 18.4 Å². The van der Waals surface area contributed by atoms with Crippen molar-refractivity contribution < 1.29 is 13.6 Å². The van der Waals surface area contributed by atoms with Crippen LogP contribution in [-0.2, 0) is 17.9 Å². The quantitative estimate of drug-likeness (QED) is 0.551. The lowest BCUT2D eigenvalue weighted by molar-refractivity contribution is -0.121. The minimum atomic E-state index is -0.720. The topological polar surface area (TPSA) is 64.0 Å². The molecule has 4 aromatic rings. The Bertz CT molecular complexity index is 1270. The molecule has 1 amide bonds. The van der Waals surface area contributed by atoms with Gasteiger partial charge in [-0.15, -0.1) is 0 Å². The summed E-state index contributed by atoms with van der Waals surface area (Å²) in [5.41, 5.74) is 1.65. The zero-order chi connectivity index (χ0) is 21.1. The molecule has 1 heterocycles. The van der Waals surface area contributed by atoms with E-state index in [1.54, 1.807) is 12.1 Å². The number of para-hydroxylation sites is 1. The van der Waals surface area contributed by atoms with Crippen LogP contribution in [0, 0.1) is 11.6 Å². The van der Waals surface area contributed by atoms with E-state index < -0.39 is 23.2 Å². The number of nitrogens with one attached hydrogen (secondary N) is 1. The van der Waals surface area contributed by atoms with E-state index >= 15 is 0 Å². The number of carbonyl (C=O) groups is 1. The number of amides is 1. The number of carbonyl (C=O) groups excluding carboxylic acids is 1. The Morgan fingerprint density at radius 1 is 0.933 bits per heavy atom. The zero-order valence-corrected chi connectivity index (χ0v) is 15.8. The Kier molecular flexibility index (Phi) is 5.34. The largest absolute Gasteiger partial charge is 0.350 e. The van der Waals surface area contributed by atoms with Crippen LogP contribution in [0.2, 0.25) is 0 Å². The number of benzene rings is 3. The molecule has 0 aliphatic carbocycles. The molecule has 0 saturated heterocycles. The van der Waals surface area contributed by atoms with E-state index in [0.29, 0.717) is 11.2 Å². The summed E-state index contributed by atoms with van der Waals surface area (Å²) in [4.78, 5) is 29.3. The van der Waals surface area contributed by atoms with Crippen molar-refractivity contribution in [3.63, 3.8) is 0 Å². The fourth-order valence-electron chi connectivity index (χ4n) is 3.31. The van der Waals surface area contributed by atoms with Crippen LogP contribution in [-0.4, -0.2) is 15.5 Å². The summed E-state index contributed by atoms with van der Waals surface area (Å²) in [6.45, 7) is -0.324. The Morgan fingerprint density at radius 2 is 1.60 bits per heavy atom. The maximum atomic E-state index is 13.3. The first-order valence-electron chi connectivity index (χ1n) is 9.28. The van der Waals surface area contributed by atoms with Gasteiger partial charge in [0.05, 0.1) is 11.2 Å². The minimum Gasteiger partial charge on any atom is -0.350 e. The van der Waals surface area contributed by atoms with Gasteiger partial charge in [-0.2, -0.15) is 4.98 Å². The van der Waals surface area contributed by atoms with Gasteiger partial charge in [-0.1, -0.05) is 48.5 Å². The van der Waals surface area contributed by atoms with Gasteiger partial charge < -0.3 is 5.32 Å². The smallest absolute Gasteiger partial charge is 0.349 e. The van der Waals surface area contributed by atoms with Gasteiger partial charge in [0, 0.05) is 23.6 Å². The maximum Gasteiger partial charge on any atom is 0.349 e. The van der Waals surface area contributed by atoms with Gasteiger partial charge in [-0.3, -0.25) is 9.36 Å². The molecule has 7 heteroatoms. The van der Waals surface area contributed by atoms with Crippen LogP contribution in [0.25, 0.3) is 22.2 Å². The van der Waals surface area contributed by atoms with E-state index in [-0.39, 0.29) is 18.7 Å². The normalized spacial score (nSPS) is 10.9. The number of halogens is 2. The van der Waals surface area contributed by atoms with Gasteiger partial charge in [0.25, 0.3) is 0 Å². The number of rotatable bonds is 5. The molecule has 0 fully saturated rings. The Labute approximate surface area is 170 Å². The second kappa shape index (κ2) is 8.24. The molecule has 30 heavy (non-hydrogen) atoms. The Balaban J connectivity index is 1.62. The molecule has 0 atom stereocenters. The molecule has 0 aliphatic rings. The molecule has 5 nitrogen and oxygen atoms in total. The van der Waals surface area contributed by atoms with E-state index in [1.165, 1.54) is 4.57 Å². The van der Waals surface area contributed by atoms with Crippen LogP contribution in [0.4, 0.5) is 8.78 Å². The van der Waals surface area contributed by atoms with E-state index in [0.717, 1.165) is 29.1 Å². The third-order valence-corrected chi connectivity index (χ3v) is 4.65. The first-order chi connectivity index (χ1) is 14.5. The van der Waals surface area contributed by atoms with Crippen LogP contribution < -0.4 is 11.0 Å². The number of aromatic nitrogens is 2. The molecule has 150 valence electrons. The first kappa shape index (κ1) is 19.4. The van der Waals surface area contributed by atoms with Gasteiger partial charge in [0.15, 0.2) is 0 Å². The monoisotopic (exact) mass is 405 g/mol. The van der Waals surface area contributed by atoms with Gasteiger partial charge >= 0.3 is 5.69 Å². The van der Waals surface area contributed by atoms with Crippen LogP contribution >= 0.6 is 0 Å². The molecular weight excluding hydrogens is 388 g/mol. The summed E-state index contributed by atoms with van der Waals surface area (Å²) in [5, 5.41) is 3.32. The average Bonchev–Trinajstić information content (AvgIpc) is 2.74. The molecule has 0 aliphatic heterocycles. The molecule has 1 aromatic heterocycles. The lowest BCUT2D eigenvalue weighted by Crippen LogP contribution is -2.33. The van der Waals surface area contributed by atoms with E-state index in [4.69, 9.17) is 0 Å². The van der Waals surface area contributed by atoms with Crippen LogP contribution in [0.3, 0.4) is 0 Å². The fraction of sp³-hybridized carbons (Fsp3) is 0.0870. The molecule has 0 bridgehead atoms. The van der Waals surface area contributed by atoms with Crippen molar-refractivity contribution in [3.8, 4) is 11.3 Å². The highest BCUT2D eigenvalue weighted by atomic mass is 19.1. The molecule has 0 saturated carbocycles. The predicted octanol–water partition coefficient (Wildman–Crippen LogP) is 3.66. The highest BCUT2D eigenvalue weighted by molar-refractivity contribution is 5.93. The Hall–Kier alpha value is -3.87. The molecule has 0 radical (unpaired) electrons. The standard InChI is InChI=1S/C23H17F2N3O2/c24-17-10-15(11-18(25)12-17)13-26-21(29)14-28-20-9-5-4-8-19(20)22(27-23(28)30)16-6-2-1-3-7-16/h1-12H,13-14H2,(H,26,29). The second-order valence-corrected chi connectivity index (χ2v) is 6.77. The number of hydrogen-bond acceptors (Lipinski definition) is 3. The molecule has 0 unspecified atom stereocenters. The summed E-state index contributed by atoms with van der Waals surface area (Å²) in [6.07, 6.45) is 0. The molecular formula is C23H17F2N3O2. The van der Waals surface area contributed by atoms with Crippen LogP contribution in [0.1, 0.15) is 5.56 Å². The predicted molar refractivity (Wildman–Crippen MR) is 110 cm³/mol. The number of hydrogen-bond donors (Lipinski definition) is 1. The number of nitrogens with zero attached hydrogens (tertiary/aromatic N) is 2. The summed E-state index contributed by atoms with van der Waals surface area (Å²) < 4.78 is 27.9. The van der Waals surface area contributed by atoms with Gasteiger partial charge in [-0.05, 0) is 23.8 Å². The third-order valence-electron chi connectivity index (χ3n) is 4.65. The second-order valence-electron chi connectivity index (χ2n) is 6.77. The lowest BCUT2D eigenvalue weighted by Gasteiger charge is -2.13. The van der Waals surface area contributed by atoms with Gasteiger partial charge in [0.1, 0.15) is 18.2 Å². The summed E-state index contributed by atoms with van der Waals surface area (Å²) in [7, 11) is 0. The van der Waals surface area contributed by atoms with E-state index in [2.05, 4.69) is 10.3 Å². The third kappa shape index (κ3) is 4.10. The highest BCUT2D eigenvalue weighted by Crippen LogP contribution is 2.24. The van der Waals surface area contributed by atoms with Crippen LogP contribution in [0.15, 0.2) is 77.6 Å². The summed E-state index contributed by atoms with van der Waals surface area (Å²) in [6, 6.07) is 19.6. The number of fused-ring (bicyclic) bond motifs is 1. The fourth-order valence-corrected chi connectivity index (χ4v) is 3.31. The molecule has 0 spiro atoms.